The molecule has 0 aliphatic rings. The second kappa shape index (κ2) is 6.15. The highest BCUT2D eigenvalue weighted by Gasteiger charge is 2.30. The molecule has 1 rings (SSSR count). The van der Waals surface area contributed by atoms with E-state index in [9.17, 15) is 13.6 Å². The van der Waals surface area contributed by atoms with Crippen LogP contribution in [-0.2, 0) is 4.79 Å². The fraction of sp³-hybridized carbons (Fsp3) is 0.417. The molecule has 0 saturated heterocycles. The molecule has 1 unspecified atom stereocenters. The summed E-state index contributed by atoms with van der Waals surface area (Å²) < 4.78 is 26.4. The molecule has 0 aliphatic heterocycles. The minimum Gasteiger partial charge on any atom is -0.368 e. The second-order valence-electron chi connectivity index (χ2n) is 4.09. The quantitative estimate of drug-likeness (QED) is 0.779. The van der Waals surface area contributed by atoms with Gasteiger partial charge in [-0.3, -0.25) is 4.79 Å². The molecule has 0 aliphatic carbocycles. The molecule has 6 heteroatoms. The molecule has 1 aromatic carbocycles. The number of nitrogens with one attached hydrogen (secondary N) is 1. The Morgan fingerprint density at radius 3 is 2.72 bits per heavy atom. The number of carbonyl (C=O) groups is 1. The van der Waals surface area contributed by atoms with E-state index in [4.69, 9.17) is 5.73 Å². The van der Waals surface area contributed by atoms with E-state index >= 15 is 0 Å². The minimum atomic E-state index is -0.946. The van der Waals surface area contributed by atoms with Crippen molar-refractivity contribution < 1.29 is 13.6 Å². The zero-order valence-electron chi connectivity index (χ0n) is 10.3. The number of hydrogen-bond acceptors (Lipinski definition) is 3. The van der Waals surface area contributed by atoms with Gasteiger partial charge in [0.15, 0.2) is 0 Å². The van der Waals surface area contributed by atoms with Crippen LogP contribution in [0, 0.1) is 11.6 Å². The van der Waals surface area contributed by atoms with Crippen LogP contribution in [0.3, 0.4) is 0 Å². The number of halogens is 2. The van der Waals surface area contributed by atoms with Gasteiger partial charge in [0.25, 0.3) is 0 Å². The van der Waals surface area contributed by atoms with Gasteiger partial charge in [-0.05, 0) is 31.7 Å². The van der Waals surface area contributed by atoms with E-state index < -0.39 is 23.1 Å². The normalized spacial score (nSPS) is 14.2. The molecule has 1 atom stereocenters. The lowest BCUT2D eigenvalue weighted by Gasteiger charge is -2.26. The number of likely N-dealkylation sites (N-methyl/N-ethyl adjacent to an activating group) is 1. The van der Waals surface area contributed by atoms with Crippen LogP contribution in [0.4, 0.5) is 8.78 Å². The van der Waals surface area contributed by atoms with E-state index in [-0.39, 0.29) is 10.6 Å². The predicted octanol–water partition coefficient (Wildman–Crippen LogP) is 1.91. The molecular formula is C12H16F2N2OS. The molecule has 1 aromatic rings. The highest BCUT2D eigenvalue weighted by molar-refractivity contribution is 7.99. The third-order valence-corrected chi connectivity index (χ3v) is 3.87. The Morgan fingerprint density at radius 1 is 1.50 bits per heavy atom. The average Bonchev–Trinajstić information content (AvgIpc) is 2.30. The number of amides is 1. The van der Waals surface area contributed by atoms with Gasteiger partial charge in [-0.2, -0.15) is 0 Å². The van der Waals surface area contributed by atoms with Gasteiger partial charge in [-0.1, -0.05) is 6.92 Å². The lowest BCUT2D eigenvalue weighted by molar-refractivity contribution is -0.122. The first-order valence-electron chi connectivity index (χ1n) is 5.52. The van der Waals surface area contributed by atoms with Crippen molar-refractivity contribution in [2.24, 2.45) is 5.73 Å². The van der Waals surface area contributed by atoms with E-state index in [1.165, 1.54) is 0 Å². The molecule has 0 radical (unpaired) electrons. The Morgan fingerprint density at radius 2 is 2.17 bits per heavy atom. The average molecular weight is 274 g/mol. The van der Waals surface area contributed by atoms with Crippen LogP contribution in [0.2, 0.25) is 0 Å². The molecular weight excluding hydrogens is 258 g/mol. The summed E-state index contributed by atoms with van der Waals surface area (Å²) in [5, 5.41) is 2.95. The van der Waals surface area contributed by atoms with Gasteiger partial charge in [0, 0.05) is 10.6 Å². The van der Waals surface area contributed by atoms with Gasteiger partial charge in [0.2, 0.25) is 5.91 Å². The third kappa shape index (κ3) is 3.68. The molecule has 0 spiro atoms. The first kappa shape index (κ1) is 14.9. The third-order valence-electron chi connectivity index (χ3n) is 2.52. The van der Waals surface area contributed by atoms with Crippen LogP contribution in [0.25, 0.3) is 0 Å². The minimum absolute atomic E-state index is 0.167. The van der Waals surface area contributed by atoms with Crippen LogP contribution in [0.1, 0.15) is 13.8 Å². The van der Waals surface area contributed by atoms with Crippen molar-refractivity contribution in [2.45, 2.75) is 24.3 Å². The highest BCUT2D eigenvalue weighted by Crippen LogP contribution is 2.26. The van der Waals surface area contributed by atoms with Crippen LogP contribution in [0.15, 0.2) is 23.1 Å². The van der Waals surface area contributed by atoms with E-state index in [1.807, 2.05) is 6.92 Å². The number of benzene rings is 1. The summed E-state index contributed by atoms with van der Waals surface area (Å²) in [7, 11) is 0. The zero-order valence-corrected chi connectivity index (χ0v) is 11.1. The topological polar surface area (TPSA) is 55.1 Å². The molecule has 0 saturated carbocycles. The highest BCUT2D eigenvalue weighted by atomic mass is 32.2. The Labute approximate surface area is 109 Å². The summed E-state index contributed by atoms with van der Waals surface area (Å²) in [6, 6.07) is 3.22. The van der Waals surface area contributed by atoms with Gasteiger partial charge >= 0.3 is 0 Å². The van der Waals surface area contributed by atoms with E-state index in [2.05, 4.69) is 5.32 Å². The Bertz CT molecular complexity index is 442. The maximum atomic E-state index is 13.4. The van der Waals surface area contributed by atoms with Crippen molar-refractivity contribution in [2.75, 3.05) is 12.3 Å². The number of rotatable bonds is 6. The first-order chi connectivity index (χ1) is 8.39. The van der Waals surface area contributed by atoms with Crippen molar-refractivity contribution >= 4 is 17.7 Å². The number of primary amides is 1. The number of carbonyl (C=O) groups excluding carboxylic acids is 1. The molecule has 100 valence electrons. The SMILES string of the molecule is CCNC(C)(CSc1cc(F)ccc1F)C(N)=O. The van der Waals surface area contributed by atoms with Crippen LogP contribution in [-0.4, -0.2) is 23.7 Å². The summed E-state index contributed by atoms with van der Waals surface area (Å²) >= 11 is 1.06. The fourth-order valence-electron chi connectivity index (χ4n) is 1.41. The lowest BCUT2D eigenvalue weighted by Crippen LogP contribution is -2.55. The van der Waals surface area contributed by atoms with Gasteiger partial charge in [-0.25, -0.2) is 8.78 Å². The summed E-state index contributed by atoms with van der Waals surface area (Å²) in [6.45, 7) is 4.04. The van der Waals surface area contributed by atoms with Crippen LogP contribution < -0.4 is 11.1 Å². The molecule has 0 aromatic heterocycles. The monoisotopic (exact) mass is 274 g/mol. The molecule has 0 bridgehead atoms. The predicted molar refractivity (Wildman–Crippen MR) is 68.4 cm³/mol. The Balaban J connectivity index is 2.79. The molecule has 18 heavy (non-hydrogen) atoms. The summed E-state index contributed by atoms with van der Waals surface area (Å²) in [5.41, 5.74) is 4.36. The van der Waals surface area contributed by atoms with E-state index in [1.54, 1.807) is 6.92 Å². The van der Waals surface area contributed by atoms with Crippen molar-refractivity contribution in [3.63, 3.8) is 0 Å². The Hall–Kier alpha value is -1.14. The summed E-state index contributed by atoms with van der Waals surface area (Å²) in [4.78, 5) is 11.5. The smallest absolute Gasteiger partial charge is 0.238 e. The number of hydrogen-bond donors (Lipinski definition) is 2. The van der Waals surface area contributed by atoms with Crippen LogP contribution >= 0.6 is 11.8 Å². The number of thioether (sulfide) groups is 1. The standard InChI is InChI=1S/C12H16F2N2OS/c1-3-16-12(2,11(15)17)7-18-10-6-8(13)4-5-9(10)14/h4-6,16H,3,7H2,1-2H3,(H2,15,17). The first-order valence-corrected chi connectivity index (χ1v) is 6.50. The van der Waals surface area contributed by atoms with Crippen LogP contribution in [0.5, 0.6) is 0 Å². The van der Waals surface area contributed by atoms with E-state index in [0.717, 1.165) is 30.0 Å². The van der Waals surface area contributed by atoms with E-state index in [0.29, 0.717) is 6.54 Å². The maximum Gasteiger partial charge on any atom is 0.238 e. The Kier molecular flexibility index (Phi) is 5.10. The van der Waals surface area contributed by atoms with Crippen molar-refractivity contribution in [3.05, 3.63) is 29.8 Å². The second-order valence-corrected chi connectivity index (χ2v) is 5.11. The molecule has 3 nitrogen and oxygen atoms in total. The van der Waals surface area contributed by atoms with Crippen molar-refractivity contribution in [1.29, 1.82) is 0 Å². The maximum absolute atomic E-state index is 13.4. The zero-order chi connectivity index (χ0) is 13.8. The molecule has 0 fully saturated rings. The lowest BCUT2D eigenvalue weighted by atomic mass is 10.1. The molecule has 3 N–H and O–H groups in total. The van der Waals surface area contributed by atoms with Gasteiger partial charge in [0.05, 0.1) is 0 Å². The fourth-order valence-corrected chi connectivity index (χ4v) is 2.50. The largest absolute Gasteiger partial charge is 0.368 e. The van der Waals surface area contributed by atoms with Gasteiger partial charge < -0.3 is 11.1 Å². The van der Waals surface area contributed by atoms with Crippen molar-refractivity contribution in [3.8, 4) is 0 Å². The van der Waals surface area contributed by atoms with Gasteiger partial charge in [-0.15, -0.1) is 11.8 Å². The number of nitrogens with two attached hydrogens (primary N) is 1. The summed E-state index contributed by atoms with van der Waals surface area (Å²) in [6.07, 6.45) is 0. The molecule has 0 heterocycles. The van der Waals surface area contributed by atoms with Gasteiger partial charge in [0.1, 0.15) is 17.2 Å². The summed E-state index contributed by atoms with van der Waals surface area (Å²) in [5.74, 6) is -1.31. The van der Waals surface area contributed by atoms with Crippen molar-refractivity contribution in [1.82, 2.24) is 5.32 Å². The molecule has 1 amide bonds.